The van der Waals surface area contributed by atoms with Gasteiger partial charge in [0.15, 0.2) is 0 Å². The molecule has 1 saturated heterocycles. The zero-order valence-corrected chi connectivity index (χ0v) is 10.8. The second-order valence-corrected chi connectivity index (χ2v) is 4.58. The summed E-state index contributed by atoms with van der Waals surface area (Å²) >= 11 is 0. The summed E-state index contributed by atoms with van der Waals surface area (Å²) in [5, 5.41) is 8.85. The van der Waals surface area contributed by atoms with Crippen molar-refractivity contribution in [3.05, 3.63) is 23.9 Å². The molecule has 0 unspecified atom stereocenters. The summed E-state index contributed by atoms with van der Waals surface area (Å²) in [6.07, 6.45) is 2.27. The van der Waals surface area contributed by atoms with E-state index in [1.165, 1.54) is 0 Å². The highest BCUT2D eigenvalue weighted by Crippen LogP contribution is 2.22. The van der Waals surface area contributed by atoms with Crippen molar-refractivity contribution >= 4 is 5.82 Å². The average Bonchev–Trinajstić information content (AvgIpc) is 2.46. The van der Waals surface area contributed by atoms with Gasteiger partial charge in [-0.3, -0.25) is 0 Å². The Hall–Kier alpha value is -1.60. The number of pyridine rings is 1. The predicted octanol–water partition coefficient (Wildman–Crippen LogP) is 2.21. The van der Waals surface area contributed by atoms with Crippen LogP contribution >= 0.6 is 0 Å². The van der Waals surface area contributed by atoms with E-state index in [0.29, 0.717) is 11.6 Å². The molecule has 0 radical (unpaired) electrons. The quantitative estimate of drug-likeness (QED) is 0.816. The molecule has 0 N–H and O–H groups in total. The van der Waals surface area contributed by atoms with Crippen LogP contribution in [0.25, 0.3) is 0 Å². The number of aromatic nitrogens is 1. The fourth-order valence-electron chi connectivity index (χ4n) is 2.27. The van der Waals surface area contributed by atoms with Crippen LogP contribution < -0.4 is 4.90 Å². The molecule has 0 aromatic carbocycles. The Kier molecular flexibility index (Phi) is 4.54. The van der Waals surface area contributed by atoms with E-state index in [1.54, 1.807) is 6.07 Å². The van der Waals surface area contributed by atoms with E-state index in [2.05, 4.69) is 16.0 Å². The van der Waals surface area contributed by atoms with Crippen molar-refractivity contribution in [2.45, 2.75) is 19.8 Å². The minimum absolute atomic E-state index is 0.490. The predicted molar refractivity (Wildman–Crippen MR) is 70.4 cm³/mol. The normalized spacial score (nSPS) is 16.6. The van der Waals surface area contributed by atoms with Gasteiger partial charge in [-0.2, -0.15) is 5.26 Å². The Morgan fingerprint density at radius 2 is 2.22 bits per heavy atom. The molecule has 0 saturated carbocycles. The smallest absolute Gasteiger partial charge is 0.142 e. The van der Waals surface area contributed by atoms with Crippen LogP contribution in [0.3, 0.4) is 0 Å². The second kappa shape index (κ2) is 6.36. The molecule has 0 aliphatic carbocycles. The van der Waals surface area contributed by atoms with E-state index >= 15 is 0 Å². The first-order chi connectivity index (χ1) is 8.83. The molecule has 0 bridgehead atoms. The van der Waals surface area contributed by atoms with Crippen molar-refractivity contribution in [3.63, 3.8) is 0 Å². The maximum atomic E-state index is 8.85. The lowest BCUT2D eigenvalue weighted by Crippen LogP contribution is -2.35. The molecule has 1 aromatic rings. The van der Waals surface area contributed by atoms with E-state index in [-0.39, 0.29) is 0 Å². The monoisotopic (exact) mass is 245 g/mol. The molecule has 4 heteroatoms. The molecule has 2 heterocycles. The van der Waals surface area contributed by atoms with Crippen LogP contribution in [0.2, 0.25) is 0 Å². The molecular weight excluding hydrogens is 226 g/mol. The van der Waals surface area contributed by atoms with Gasteiger partial charge in [0, 0.05) is 26.3 Å². The lowest BCUT2D eigenvalue weighted by Gasteiger charge is -2.32. The summed E-state index contributed by atoms with van der Waals surface area (Å²) < 4.78 is 5.47. The van der Waals surface area contributed by atoms with Crippen LogP contribution in [0.5, 0.6) is 0 Å². The van der Waals surface area contributed by atoms with Crippen LogP contribution in [0, 0.1) is 17.2 Å². The van der Waals surface area contributed by atoms with Gasteiger partial charge in [0.1, 0.15) is 17.6 Å². The standard InChI is InChI=1S/C14H19N3O/c1-2-18-11-12-6-8-17(9-7-12)14-5-3-4-13(10-15)16-14/h3-5,12H,2,6-9,11H2,1H3. The van der Waals surface area contributed by atoms with Crippen molar-refractivity contribution < 1.29 is 4.74 Å². The van der Waals surface area contributed by atoms with Gasteiger partial charge in [-0.05, 0) is 37.8 Å². The third-order valence-electron chi connectivity index (χ3n) is 3.35. The summed E-state index contributed by atoms with van der Waals surface area (Å²) in [7, 11) is 0. The maximum absolute atomic E-state index is 8.85. The van der Waals surface area contributed by atoms with E-state index in [9.17, 15) is 0 Å². The fourth-order valence-corrected chi connectivity index (χ4v) is 2.27. The second-order valence-electron chi connectivity index (χ2n) is 4.58. The van der Waals surface area contributed by atoms with E-state index in [1.807, 2.05) is 19.1 Å². The number of piperidine rings is 1. The number of anilines is 1. The molecule has 1 aromatic heterocycles. The van der Waals surface area contributed by atoms with Crippen LogP contribution in [-0.2, 0) is 4.74 Å². The van der Waals surface area contributed by atoms with Crippen molar-refractivity contribution in [2.75, 3.05) is 31.2 Å². The molecule has 18 heavy (non-hydrogen) atoms. The van der Waals surface area contributed by atoms with Crippen LogP contribution in [-0.4, -0.2) is 31.3 Å². The van der Waals surface area contributed by atoms with Crippen molar-refractivity contribution in [3.8, 4) is 6.07 Å². The minimum atomic E-state index is 0.490. The average molecular weight is 245 g/mol. The summed E-state index contributed by atoms with van der Waals surface area (Å²) in [6.45, 7) is 5.70. The third-order valence-corrected chi connectivity index (χ3v) is 3.35. The van der Waals surface area contributed by atoms with Gasteiger partial charge in [-0.15, -0.1) is 0 Å². The molecular formula is C14H19N3O. The van der Waals surface area contributed by atoms with Crippen LogP contribution in [0.15, 0.2) is 18.2 Å². The molecule has 2 rings (SSSR count). The van der Waals surface area contributed by atoms with E-state index in [4.69, 9.17) is 10.00 Å². The Labute approximate surface area is 108 Å². The molecule has 0 amide bonds. The topological polar surface area (TPSA) is 49.1 Å². The van der Waals surface area contributed by atoms with Crippen LogP contribution in [0.1, 0.15) is 25.5 Å². The molecule has 0 atom stereocenters. The Bertz CT molecular complexity index is 419. The zero-order chi connectivity index (χ0) is 12.8. The Balaban J connectivity index is 1.91. The van der Waals surface area contributed by atoms with Gasteiger partial charge < -0.3 is 9.64 Å². The summed E-state index contributed by atoms with van der Waals surface area (Å²) in [5.41, 5.74) is 0.490. The summed E-state index contributed by atoms with van der Waals surface area (Å²) in [6, 6.07) is 7.70. The Morgan fingerprint density at radius 3 is 2.89 bits per heavy atom. The first-order valence-electron chi connectivity index (χ1n) is 6.53. The molecule has 0 spiro atoms. The molecule has 1 aliphatic rings. The van der Waals surface area contributed by atoms with Gasteiger partial charge in [-0.1, -0.05) is 6.07 Å². The number of ether oxygens (including phenoxy) is 1. The first-order valence-corrected chi connectivity index (χ1v) is 6.53. The number of hydrogen-bond acceptors (Lipinski definition) is 4. The third kappa shape index (κ3) is 3.21. The number of nitrogens with zero attached hydrogens (tertiary/aromatic N) is 3. The van der Waals surface area contributed by atoms with Crippen molar-refractivity contribution in [1.82, 2.24) is 4.98 Å². The summed E-state index contributed by atoms with van der Waals surface area (Å²) in [5.74, 6) is 1.59. The number of rotatable bonds is 4. The van der Waals surface area contributed by atoms with Gasteiger partial charge in [0.25, 0.3) is 0 Å². The van der Waals surface area contributed by atoms with Gasteiger partial charge in [0.05, 0.1) is 0 Å². The zero-order valence-electron chi connectivity index (χ0n) is 10.8. The lowest BCUT2D eigenvalue weighted by atomic mass is 9.98. The number of nitriles is 1. The van der Waals surface area contributed by atoms with Gasteiger partial charge in [-0.25, -0.2) is 4.98 Å². The highest BCUT2D eigenvalue weighted by Gasteiger charge is 2.20. The largest absolute Gasteiger partial charge is 0.381 e. The van der Waals surface area contributed by atoms with Crippen molar-refractivity contribution in [2.24, 2.45) is 5.92 Å². The molecule has 1 fully saturated rings. The lowest BCUT2D eigenvalue weighted by molar-refractivity contribution is 0.100. The van der Waals surface area contributed by atoms with Crippen molar-refractivity contribution in [1.29, 1.82) is 5.26 Å². The Morgan fingerprint density at radius 1 is 1.44 bits per heavy atom. The fraction of sp³-hybridized carbons (Fsp3) is 0.571. The maximum Gasteiger partial charge on any atom is 0.142 e. The number of hydrogen-bond donors (Lipinski definition) is 0. The SMILES string of the molecule is CCOCC1CCN(c2cccc(C#N)n2)CC1. The molecule has 1 aliphatic heterocycles. The van der Waals surface area contributed by atoms with Crippen LogP contribution in [0.4, 0.5) is 5.82 Å². The molecule has 96 valence electrons. The van der Waals surface area contributed by atoms with Gasteiger partial charge >= 0.3 is 0 Å². The highest BCUT2D eigenvalue weighted by molar-refractivity contribution is 5.41. The highest BCUT2D eigenvalue weighted by atomic mass is 16.5. The van der Waals surface area contributed by atoms with E-state index in [0.717, 1.165) is 45.0 Å². The molecule has 4 nitrogen and oxygen atoms in total. The van der Waals surface area contributed by atoms with E-state index < -0.39 is 0 Å². The first kappa shape index (κ1) is 12.8. The van der Waals surface area contributed by atoms with Gasteiger partial charge in [0.2, 0.25) is 0 Å². The minimum Gasteiger partial charge on any atom is -0.381 e. The summed E-state index contributed by atoms with van der Waals surface area (Å²) in [4.78, 5) is 6.59.